The van der Waals surface area contributed by atoms with E-state index >= 15 is 0 Å². The van der Waals surface area contributed by atoms with Crippen molar-refractivity contribution in [3.05, 3.63) is 35.9 Å². The summed E-state index contributed by atoms with van der Waals surface area (Å²) in [4.78, 5) is 24.5. The first kappa shape index (κ1) is 13.5. The molecule has 0 aliphatic carbocycles. The van der Waals surface area contributed by atoms with Gasteiger partial charge in [-0.05, 0) is 12.0 Å². The Bertz CT molecular complexity index is 447. The van der Waals surface area contributed by atoms with Crippen LogP contribution in [0.3, 0.4) is 0 Å². The van der Waals surface area contributed by atoms with Crippen LogP contribution in [0.5, 0.6) is 0 Å². The number of hydrogen-bond donors (Lipinski definition) is 2. The molecule has 1 amide bonds. The number of benzene rings is 1. The van der Waals surface area contributed by atoms with Gasteiger partial charge in [0.2, 0.25) is 5.91 Å². The number of nitrogens with one attached hydrogen (secondary N) is 1. The van der Waals surface area contributed by atoms with Crippen LogP contribution in [0.4, 0.5) is 0 Å². The van der Waals surface area contributed by atoms with E-state index in [9.17, 15) is 9.59 Å². The number of hydrogen-bond acceptors (Lipinski definition) is 3. The molecule has 1 unspecified atom stereocenters. The molecule has 2 N–H and O–H groups in total. The second-order valence-corrected chi connectivity index (χ2v) is 4.68. The fourth-order valence-corrected chi connectivity index (χ4v) is 2.33. The SMILES string of the molecule is O=C(O)CC1C(=O)NCCN1CCc1ccccc1. The van der Waals surface area contributed by atoms with Crippen molar-refractivity contribution in [1.29, 1.82) is 0 Å². The zero-order chi connectivity index (χ0) is 13.7. The molecule has 0 bridgehead atoms. The molecule has 102 valence electrons. The lowest BCUT2D eigenvalue weighted by molar-refractivity contribution is -0.143. The fraction of sp³-hybridized carbons (Fsp3) is 0.429. The second kappa shape index (κ2) is 6.33. The lowest BCUT2D eigenvalue weighted by Gasteiger charge is -2.34. The molecule has 1 fully saturated rings. The zero-order valence-corrected chi connectivity index (χ0v) is 10.7. The van der Waals surface area contributed by atoms with Crippen molar-refractivity contribution in [2.24, 2.45) is 0 Å². The highest BCUT2D eigenvalue weighted by Gasteiger charge is 2.30. The third-order valence-corrected chi connectivity index (χ3v) is 3.34. The van der Waals surface area contributed by atoms with E-state index in [0.29, 0.717) is 19.6 Å². The zero-order valence-electron chi connectivity index (χ0n) is 10.7. The van der Waals surface area contributed by atoms with Crippen LogP contribution in [-0.2, 0) is 16.0 Å². The Balaban J connectivity index is 1.96. The number of carbonyl (C=O) groups is 2. The van der Waals surface area contributed by atoms with Crippen molar-refractivity contribution in [2.75, 3.05) is 19.6 Å². The van der Waals surface area contributed by atoms with Crippen LogP contribution in [0.25, 0.3) is 0 Å². The standard InChI is InChI=1S/C14H18N2O3/c17-13(18)10-12-14(19)15-7-9-16(12)8-6-11-4-2-1-3-5-11/h1-5,12H,6-10H2,(H,15,19)(H,17,18). The van der Waals surface area contributed by atoms with Gasteiger partial charge in [-0.3, -0.25) is 14.5 Å². The normalized spacial score (nSPS) is 20.0. The Morgan fingerprint density at radius 3 is 2.79 bits per heavy atom. The van der Waals surface area contributed by atoms with E-state index in [-0.39, 0.29) is 12.3 Å². The smallest absolute Gasteiger partial charge is 0.305 e. The van der Waals surface area contributed by atoms with Crippen molar-refractivity contribution in [3.8, 4) is 0 Å². The van der Waals surface area contributed by atoms with Crippen molar-refractivity contribution >= 4 is 11.9 Å². The number of nitrogens with zero attached hydrogens (tertiary/aromatic N) is 1. The molecule has 1 heterocycles. The minimum atomic E-state index is -0.938. The molecule has 0 aromatic heterocycles. The summed E-state index contributed by atoms with van der Waals surface area (Å²) in [6.07, 6.45) is 0.685. The molecule has 1 saturated heterocycles. The third-order valence-electron chi connectivity index (χ3n) is 3.34. The van der Waals surface area contributed by atoms with Crippen LogP contribution in [0.15, 0.2) is 30.3 Å². The highest BCUT2D eigenvalue weighted by atomic mass is 16.4. The number of rotatable bonds is 5. The number of aliphatic carboxylic acids is 1. The van der Waals surface area contributed by atoms with Crippen LogP contribution in [0, 0.1) is 0 Å². The van der Waals surface area contributed by atoms with E-state index in [0.717, 1.165) is 6.42 Å². The Labute approximate surface area is 112 Å². The number of amides is 1. The van der Waals surface area contributed by atoms with Crippen LogP contribution in [0.1, 0.15) is 12.0 Å². The molecule has 19 heavy (non-hydrogen) atoms. The number of carboxylic acid groups (broad SMARTS) is 1. The van der Waals surface area contributed by atoms with Gasteiger partial charge in [0.25, 0.3) is 0 Å². The largest absolute Gasteiger partial charge is 0.481 e. The van der Waals surface area contributed by atoms with Crippen LogP contribution in [-0.4, -0.2) is 47.6 Å². The van der Waals surface area contributed by atoms with E-state index in [1.54, 1.807) is 0 Å². The summed E-state index contributed by atoms with van der Waals surface area (Å²) in [6.45, 7) is 2.00. The van der Waals surface area contributed by atoms with E-state index in [2.05, 4.69) is 5.32 Å². The molecule has 1 aliphatic heterocycles. The topological polar surface area (TPSA) is 69.6 Å². The van der Waals surface area contributed by atoms with E-state index in [1.165, 1.54) is 5.56 Å². The molecule has 1 atom stereocenters. The Hall–Kier alpha value is -1.88. The fourth-order valence-electron chi connectivity index (χ4n) is 2.33. The maximum absolute atomic E-state index is 11.7. The molecule has 0 saturated carbocycles. The monoisotopic (exact) mass is 262 g/mol. The maximum Gasteiger partial charge on any atom is 0.305 e. The highest BCUT2D eigenvalue weighted by molar-refractivity contribution is 5.86. The predicted molar refractivity (Wildman–Crippen MR) is 70.8 cm³/mol. The average molecular weight is 262 g/mol. The summed E-state index contributed by atoms with van der Waals surface area (Å²) in [5, 5.41) is 11.6. The minimum absolute atomic E-state index is 0.138. The lowest BCUT2D eigenvalue weighted by atomic mass is 10.1. The average Bonchev–Trinajstić information content (AvgIpc) is 2.40. The van der Waals surface area contributed by atoms with Gasteiger partial charge in [0.05, 0.1) is 12.5 Å². The molecule has 5 heteroatoms. The van der Waals surface area contributed by atoms with Crippen molar-refractivity contribution in [1.82, 2.24) is 10.2 Å². The Morgan fingerprint density at radius 2 is 2.11 bits per heavy atom. The van der Waals surface area contributed by atoms with Gasteiger partial charge in [-0.15, -0.1) is 0 Å². The molecule has 1 aliphatic rings. The summed E-state index contributed by atoms with van der Waals surface area (Å²) < 4.78 is 0. The number of piperazine rings is 1. The first-order valence-electron chi connectivity index (χ1n) is 6.44. The van der Waals surface area contributed by atoms with Crippen LogP contribution >= 0.6 is 0 Å². The Kier molecular flexibility index (Phi) is 4.52. The summed E-state index contributed by atoms with van der Waals surface area (Å²) in [7, 11) is 0. The Morgan fingerprint density at radius 1 is 1.37 bits per heavy atom. The molecule has 5 nitrogen and oxygen atoms in total. The summed E-state index contributed by atoms with van der Waals surface area (Å²) in [5.74, 6) is -1.12. The minimum Gasteiger partial charge on any atom is -0.481 e. The second-order valence-electron chi connectivity index (χ2n) is 4.68. The van der Waals surface area contributed by atoms with E-state index in [4.69, 9.17) is 5.11 Å². The quantitative estimate of drug-likeness (QED) is 0.811. The highest BCUT2D eigenvalue weighted by Crippen LogP contribution is 2.10. The maximum atomic E-state index is 11.7. The van der Waals surface area contributed by atoms with Gasteiger partial charge in [0, 0.05) is 19.6 Å². The summed E-state index contributed by atoms with van der Waals surface area (Å²) in [5.41, 5.74) is 1.20. The molecule has 1 aromatic carbocycles. The van der Waals surface area contributed by atoms with Gasteiger partial charge in [-0.1, -0.05) is 30.3 Å². The molecule has 2 rings (SSSR count). The van der Waals surface area contributed by atoms with Crippen molar-refractivity contribution in [3.63, 3.8) is 0 Å². The van der Waals surface area contributed by atoms with Crippen molar-refractivity contribution < 1.29 is 14.7 Å². The molecule has 1 aromatic rings. The lowest BCUT2D eigenvalue weighted by Crippen LogP contribution is -2.56. The van der Waals surface area contributed by atoms with Crippen molar-refractivity contribution in [2.45, 2.75) is 18.9 Å². The summed E-state index contributed by atoms with van der Waals surface area (Å²) >= 11 is 0. The van der Waals surface area contributed by atoms with Gasteiger partial charge in [0.15, 0.2) is 0 Å². The van der Waals surface area contributed by atoms with Gasteiger partial charge < -0.3 is 10.4 Å². The van der Waals surface area contributed by atoms with E-state index < -0.39 is 12.0 Å². The molecular formula is C14H18N2O3. The molecular weight excluding hydrogens is 244 g/mol. The van der Waals surface area contributed by atoms with Gasteiger partial charge in [-0.2, -0.15) is 0 Å². The third kappa shape index (κ3) is 3.79. The first-order valence-corrected chi connectivity index (χ1v) is 6.44. The van der Waals surface area contributed by atoms with Crippen LogP contribution in [0.2, 0.25) is 0 Å². The van der Waals surface area contributed by atoms with E-state index in [1.807, 2.05) is 35.2 Å². The van der Waals surface area contributed by atoms with Crippen LogP contribution < -0.4 is 5.32 Å². The molecule has 0 radical (unpaired) electrons. The number of carboxylic acids is 1. The van der Waals surface area contributed by atoms with Gasteiger partial charge >= 0.3 is 5.97 Å². The number of carbonyl (C=O) groups excluding carboxylic acids is 1. The van der Waals surface area contributed by atoms with Gasteiger partial charge in [-0.25, -0.2) is 0 Å². The summed E-state index contributed by atoms with van der Waals surface area (Å²) in [6, 6.07) is 9.45. The predicted octanol–water partition coefficient (Wildman–Crippen LogP) is 0.504. The van der Waals surface area contributed by atoms with Gasteiger partial charge in [0.1, 0.15) is 0 Å². The first-order chi connectivity index (χ1) is 9.16. The molecule has 0 spiro atoms.